The van der Waals surface area contributed by atoms with Gasteiger partial charge in [0.2, 0.25) is 11.8 Å². The monoisotopic (exact) mass is 451 g/mol. The van der Waals surface area contributed by atoms with E-state index in [1.165, 1.54) is 6.08 Å². The highest BCUT2D eigenvalue weighted by Crippen LogP contribution is 2.22. The molecular formula is C23H29N7O3. The first kappa shape index (κ1) is 23.7. The smallest absolute Gasteiger partial charge is 0.324 e. The number of hydrogen-bond donors (Lipinski definition) is 3. The van der Waals surface area contributed by atoms with Gasteiger partial charge in [-0.1, -0.05) is 18.2 Å². The maximum absolute atomic E-state index is 12.7. The zero-order chi connectivity index (χ0) is 23.8. The third kappa shape index (κ3) is 7.04. The lowest BCUT2D eigenvalue weighted by molar-refractivity contribution is -0.121. The van der Waals surface area contributed by atoms with Crippen molar-refractivity contribution in [2.24, 2.45) is 0 Å². The SMILES string of the molecule is CN(C)C/C=C/C(=O)NCC(=O)Nc1ccc(CN2CCN(c3cncc(N)c3)C2=O)cc1. The van der Waals surface area contributed by atoms with Gasteiger partial charge in [0.1, 0.15) is 0 Å². The third-order valence-electron chi connectivity index (χ3n) is 4.93. The fourth-order valence-corrected chi connectivity index (χ4v) is 3.28. The molecule has 3 rings (SSSR count). The van der Waals surface area contributed by atoms with Crippen LogP contribution in [0.1, 0.15) is 5.56 Å². The maximum Gasteiger partial charge on any atom is 0.324 e. The van der Waals surface area contributed by atoms with Gasteiger partial charge in [0, 0.05) is 44.1 Å². The molecule has 174 valence electrons. The highest BCUT2D eigenvalue weighted by Gasteiger charge is 2.29. The van der Waals surface area contributed by atoms with Gasteiger partial charge in [-0.05, 0) is 37.9 Å². The number of nitrogen functional groups attached to an aromatic ring is 1. The Balaban J connectivity index is 1.46. The molecule has 2 aromatic rings. The fraction of sp³-hybridized carbons (Fsp3) is 0.304. The van der Waals surface area contributed by atoms with Crippen LogP contribution in [-0.4, -0.2) is 72.9 Å². The summed E-state index contributed by atoms with van der Waals surface area (Å²) in [7, 11) is 3.80. The molecular weight excluding hydrogens is 422 g/mol. The van der Waals surface area contributed by atoms with Crippen molar-refractivity contribution in [2.75, 3.05) is 56.2 Å². The minimum absolute atomic E-state index is 0.102. The number of carbonyl (C=O) groups is 3. The first-order valence-electron chi connectivity index (χ1n) is 10.6. The number of likely N-dealkylation sites (N-methyl/N-ethyl adjacent to an activating group) is 1. The first-order valence-corrected chi connectivity index (χ1v) is 10.6. The Morgan fingerprint density at radius 1 is 1.18 bits per heavy atom. The molecule has 33 heavy (non-hydrogen) atoms. The van der Waals surface area contributed by atoms with Gasteiger partial charge in [0.15, 0.2) is 0 Å². The van der Waals surface area contributed by atoms with Crippen molar-refractivity contribution in [1.82, 2.24) is 20.1 Å². The van der Waals surface area contributed by atoms with Gasteiger partial charge in [-0.25, -0.2) is 4.79 Å². The molecule has 2 heterocycles. The average Bonchev–Trinajstić information content (AvgIpc) is 3.13. The summed E-state index contributed by atoms with van der Waals surface area (Å²) in [6.45, 7) is 2.13. The number of urea groups is 1. The lowest BCUT2D eigenvalue weighted by Crippen LogP contribution is -2.32. The van der Waals surface area contributed by atoms with E-state index in [-0.39, 0.29) is 24.4 Å². The van der Waals surface area contributed by atoms with Crippen molar-refractivity contribution < 1.29 is 14.4 Å². The van der Waals surface area contributed by atoms with E-state index >= 15 is 0 Å². The fourth-order valence-electron chi connectivity index (χ4n) is 3.28. The lowest BCUT2D eigenvalue weighted by Gasteiger charge is -2.19. The van der Waals surface area contributed by atoms with Gasteiger partial charge in [-0.15, -0.1) is 0 Å². The Kier molecular flexibility index (Phi) is 7.98. The van der Waals surface area contributed by atoms with E-state index in [1.54, 1.807) is 46.5 Å². The van der Waals surface area contributed by atoms with Crippen LogP contribution in [0.4, 0.5) is 21.9 Å². The Hall–Kier alpha value is -3.92. The number of nitrogens with one attached hydrogen (secondary N) is 2. The van der Waals surface area contributed by atoms with E-state index < -0.39 is 0 Å². The number of anilines is 3. The number of pyridine rings is 1. The summed E-state index contributed by atoms with van der Waals surface area (Å²) < 4.78 is 0. The number of rotatable bonds is 9. The van der Waals surface area contributed by atoms with Crippen molar-refractivity contribution in [3.8, 4) is 0 Å². The van der Waals surface area contributed by atoms with E-state index in [4.69, 9.17) is 5.73 Å². The number of nitrogens with zero attached hydrogens (tertiary/aromatic N) is 4. The lowest BCUT2D eigenvalue weighted by atomic mass is 10.2. The van der Waals surface area contributed by atoms with Crippen molar-refractivity contribution in [2.45, 2.75) is 6.54 Å². The summed E-state index contributed by atoms with van der Waals surface area (Å²) in [6, 6.07) is 8.88. The third-order valence-corrected chi connectivity index (χ3v) is 4.93. The van der Waals surface area contributed by atoms with Gasteiger partial charge < -0.3 is 26.2 Å². The highest BCUT2D eigenvalue weighted by atomic mass is 16.2. The highest BCUT2D eigenvalue weighted by molar-refractivity contribution is 5.96. The summed E-state index contributed by atoms with van der Waals surface area (Å²) in [4.78, 5) is 45.9. The van der Waals surface area contributed by atoms with Gasteiger partial charge in [0.05, 0.1) is 24.1 Å². The molecule has 1 aliphatic heterocycles. The van der Waals surface area contributed by atoms with Gasteiger partial charge in [-0.3, -0.25) is 19.5 Å². The van der Waals surface area contributed by atoms with Crippen molar-refractivity contribution in [3.63, 3.8) is 0 Å². The largest absolute Gasteiger partial charge is 0.397 e. The summed E-state index contributed by atoms with van der Waals surface area (Å²) in [5.74, 6) is -0.640. The molecule has 0 aliphatic carbocycles. The van der Waals surface area contributed by atoms with E-state index in [0.717, 1.165) is 5.56 Å². The van der Waals surface area contributed by atoms with Crippen LogP contribution >= 0.6 is 0 Å². The van der Waals surface area contributed by atoms with E-state index in [2.05, 4.69) is 15.6 Å². The number of nitrogens with two attached hydrogens (primary N) is 1. The summed E-state index contributed by atoms with van der Waals surface area (Å²) in [5, 5.41) is 5.29. The van der Waals surface area contributed by atoms with Crippen LogP contribution < -0.4 is 21.3 Å². The van der Waals surface area contributed by atoms with Crippen molar-refractivity contribution in [3.05, 3.63) is 60.4 Å². The van der Waals surface area contributed by atoms with E-state index in [1.807, 2.05) is 31.1 Å². The Morgan fingerprint density at radius 2 is 1.94 bits per heavy atom. The molecule has 1 aromatic carbocycles. The summed E-state index contributed by atoms with van der Waals surface area (Å²) in [5.41, 5.74) is 8.51. The average molecular weight is 452 g/mol. The molecule has 0 radical (unpaired) electrons. The van der Waals surface area contributed by atoms with Crippen LogP contribution in [0, 0.1) is 0 Å². The predicted octanol–water partition coefficient (Wildman–Crippen LogP) is 1.28. The molecule has 4 amide bonds. The van der Waals surface area contributed by atoms with Gasteiger partial charge in [0.25, 0.3) is 0 Å². The predicted molar refractivity (Wildman–Crippen MR) is 128 cm³/mol. The molecule has 0 spiro atoms. The number of hydrogen-bond acceptors (Lipinski definition) is 6. The molecule has 10 nitrogen and oxygen atoms in total. The van der Waals surface area contributed by atoms with E-state index in [0.29, 0.717) is 43.2 Å². The second kappa shape index (κ2) is 11.1. The first-order chi connectivity index (χ1) is 15.8. The van der Waals surface area contributed by atoms with Gasteiger partial charge in [-0.2, -0.15) is 0 Å². The minimum Gasteiger partial charge on any atom is -0.397 e. The Bertz CT molecular complexity index is 1020. The van der Waals surface area contributed by atoms with Crippen LogP contribution in [0.15, 0.2) is 54.9 Å². The molecule has 0 atom stereocenters. The summed E-state index contributed by atoms with van der Waals surface area (Å²) in [6.07, 6.45) is 6.30. The topological polar surface area (TPSA) is 124 Å². The van der Waals surface area contributed by atoms with Crippen molar-refractivity contribution >= 4 is 34.9 Å². The summed E-state index contributed by atoms with van der Waals surface area (Å²) >= 11 is 0. The Morgan fingerprint density at radius 3 is 2.64 bits per heavy atom. The molecule has 10 heteroatoms. The van der Waals surface area contributed by atoms with Crippen LogP contribution in [0.3, 0.4) is 0 Å². The Labute approximate surface area is 193 Å². The number of amides is 4. The molecule has 1 saturated heterocycles. The molecule has 0 unspecified atom stereocenters. The number of carbonyl (C=O) groups excluding carboxylic acids is 3. The van der Waals surface area contributed by atoms with E-state index in [9.17, 15) is 14.4 Å². The zero-order valence-corrected chi connectivity index (χ0v) is 18.8. The number of benzene rings is 1. The van der Waals surface area contributed by atoms with Crippen molar-refractivity contribution in [1.29, 1.82) is 0 Å². The quantitative estimate of drug-likeness (QED) is 0.494. The molecule has 1 aromatic heterocycles. The second-order valence-corrected chi connectivity index (χ2v) is 7.96. The van der Waals surface area contributed by atoms with Crippen LogP contribution in [0.2, 0.25) is 0 Å². The van der Waals surface area contributed by atoms with Crippen LogP contribution in [-0.2, 0) is 16.1 Å². The molecule has 4 N–H and O–H groups in total. The minimum atomic E-state index is -0.321. The molecule has 1 aliphatic rings. The second-order valence-electron chi connectivity index (χ2n) is 7.96. The molecule has 0 saturated carbocycles. The van der Waals surface area contributed by atoms with Gasteiger partial charge >= 0.3 is 6.03 Å². The zero-order valence-electron chi connectivity index (χ0n) is 18.8. The standard InChI is InChI=1S/C23H29N7O3/c1-28(2)9-3-4-21(31)26-15-22(32)27-19-7-5-17(6-8-19)16-29-10-11-30(23(29)33)20-12-18(24)13-25-14-20/h3-8,12-14H,9-11,15-16,24H2,1-2H3,(H,26,31)(H,27,32)/b4-3+. The molecule has 0 bridgehead atoms. The number of aromatic nitrogens is 1. The maximum atomic E-state index is 12.7. The molecule has 1 fully saturated rings. The van der Waals surface area contributed by atoms with Crippen LogP contribution in [0.25, 0.3) is 0 Å². The van der Waals surface area contributed by atoms with Crippen LogP contribution in [0.5, 0.6) is 0 Å². The normalized spacial score (nSPS) is 13.7.